The van der Waals surface area contributed by atoms with Gasteiger partial charge in [0.2, 0.25) is 0 Å². The summed E-state index contributed by atoms with van der Waals surface area (Å²) in [5.41, 5.74) is 0.966. The summed E-state index contributed by atoms with van der Waals surface area (Å²) < 4.78 is 0. The number of hydrogen-bond acceptors (Lipinski definition) is 3. The summed E-state index contributed by atoms with van der Waals surface area (Å²) in [7, 11) is 0. The molecule has 0 heterocycles. The van der Waals surface area contributed by atoms with Crippen LogP contribution in [0.15, 0.2) is 30.8 Å². The molecule has 0 bridgehead atoms. The number of nitrogens with zero attached hydrogens (tertiary/aromatic N) is 2. The number of rotatable bonds is 5. The lowest BCUT2D eigenvalue weighted by Crippen LogP contribution is -2.30. The van der Waals surface area contributed by atoms with Gasteiger partial charge in [-0.05, 0) is 31.5 Å². The second-order valence-corrected chi connectivity index (χ2v) is 3.76. The maximum absolute atomic E-state index is 12.0. The summed E-state index contributed by atoms with van der Waals surface area (Å²) >= 11 is 0. The van der Waals surface area contributed by atoms with E-state index in [1.807, 2.05) is 13.8 Å². The van der Waals surface area contributed by atoms with Gasteiger partial charge in [-0.25, -0.2) is 0 Å². The fourth-order valence-corrected chi connectivity index (χ4v) is 1.61. The molecule has 0 saturated heterocycles. The van der Waals surface area contributed by atoms with Crippen LogP contribution in [0.3, 0.4) is 0 Å². The molecule has 96 valence electrons. The summed E-state index contributed by atoms with van der Waals surface area (Å²) in [6.07, 6.45) is 0. The SMILES string of the molecule is C=C(C(=O)N(CC)CC)c1ccc([N+](=O)[O-])cc1. The number of nitro groups is 1. The smallest absolute Gasteiger partial charge is 0.269 e. The monoisotopic (exact) mass is 248 g/mol. The van der Waals surface area contributed by atoms with Crippen LogP contribution in [0.25, 0.3) is 5.57 Å². The van der Waals surface area contributed by atoms with Crippen LogP contribution in [0.5, 0.6) is 0 Å². The average molecular weight is 248 g/mol. The third-order valence-electron chi connectivity index (χ3n) is 2.74. The lowest BCUT2D eigenvalue weighted by atomic mass is 10.1. The number of carbonyl (C=O) groups is 1. The minimum absolute atomic E-state index is 0.00170. The van der Waals surface area contributed by atoms with E-state index in [4.69, 9.17) is 0 Å². The zero-order chi connectivity index (χ0) is 13.7. The van der Waals surface area contributed by atoms with Crippen molar-refractivity contribution >= 4 is 17.2 Å². The van der Waals surface area contributed by atoms with E-state index in [0.717, 1.165) is 0 Å². The van der Waals surface area contributed by atoms with Crippen molar-refractivity contribution in [3.05, 3.63) is 46.5 Å². The Hall–Kier alpha value is -2.17. The maximum atomic E-state index is 12.0. The molecule has 0 aliphatic rings. The normalized spacial score (nSPS) is 9.89. The summed E-state index contributed by atoms with van der Waals surface area (Å²) in [5.74, 6) is -0.145. The highest BCUT2D eigenvalue weighted by atomic mass is 16.6. The molecule has 0 aliphatic carbocycles. The van der Waals surface area contributed by atoms with E-state index >= 15 is 0 Å². The van der Waals surface area contributed by atoms with Gasteiger partial charge in [0, 0.05) is 30.8 Å². The van der Waals surface area contributed by atoms with Crippen LogP contribution in [0.1, 0.15) is 19.4 Å². The molecule has 0 unspecified atom stereocenters. The molecular weight excluding hydrogens is 232 g/mol. The first-order chi connectivity index (χ1) is 8.51. The molecule has 1 rings (SSSR count). The van der Waals surface area contributed by atoms with E-state index in [1.54, 1.807) is 17.0 Å². The Morgan fingerprint density at radius 3 is 2.17 bits per heavy atom. The third kappa shape index (κ3) is 2.94. The molecule has 0 spiro atoms. The van der Waals surface area contributed by atoms with Gasteiger partial charge in [-0.15, -0.1) is 0 Å². The van der Waals surface area contributed by atoms with Gasteiger partial charge in [0.1, 0.15) is 0 Å². The molecule has 18 heavy (non-hydrogen) atoms. The Bertz CT molecular complexity index is 462. The Balaban J connectivity index is 2.90. The minimum Gasteiger partial charge on any atom is -0.339 e. The van der Waals surface area contributed by atoms with Gasteiger partial charge in [-0.3, -0.25) is 14.9 Å². The molecule has 1 aromatic carbocycles. The van der Waals surface area contributed by atoms with Crippen LogP contribution in [0, 0.1) is 10.1 Å². The average Bonchev–Trinajstić information content (AvgIpc) is 2.39. The predicted molar refractivity (Wildman–Crippen MR) is 70.1 cm³/mol. The predicted octanol–water partition coefficient (Wildman–Crippen LogP) is 2.48. The number of benzene rings is 1. The van der Waals surface area contributed by atoms with E-state index in [0.29, 0.717) is 24.2 Å². The zero-order valence-corrected chi connectivity index (χ0v) is 10.5. The van der Waals surface area contributed by atoms with Gasteiger partial charge in [-0.2, -0.15) is 0 Å². The molecule has 1 amide bonds. The van der Waals surface area contributed by atoms with Crippen molar-refractivity contribution in [1.29, 1.82) is 0 Å². The fraction of sp³-hybridized carbons (Fsp3) is 0.308. The first kappa shape index (κ1) is 13.9. The molecular formula is C13H16N2O3. The molecule has 0 aromatic heterocycles. The molecule has 1 aromatic rings. The third-order valence-corrected chi connectivity index (χ3v) is 2.74. The molecule has 0 N–H and O–H groups in total. The van der Waals surface area contributed by atoms with E-state index in [9.17, 15) is 14.9 Å². The highest BCUT2D eigenvalue weighted by Gasteiger charge is 2.15. The molecule has 5 nitrogen and oxygen atoms in total. The summed E-state index contributed by atoms with van der Waals surface area (Å²) in [6.45, 7) is 8.77. The van der Waals surface area contributed by atoms with Crippen LogP contribution in [-0.4, -0.2) is 28.8 Å². The first-order valence-electron chi connectivity index (χ1n) is 5.74. The van der Waals surface area contributed by atoms with Gasteiger partial charge in [-0.1, -0.05) is 6.58 Å². The highest BCUT2D eigenvalue weighted by molar-refractivity contribution is 6.18. The lowest BCUT2D eigenvalue weighted by molar-refractivity contribution is -0.384. The van der Waals surface area contributed by atoms with Crippen LogP contribution in [0.4, 0.5) is 5.69 Å². The highest BCUT2D eigenvalue weighted by Crippen LogP contribution is 2.19. The van der Waals surface area contributed by atoms with Gasteiger partial charge < -0.3 is 4.90 Å². The first-order valence-corrected chi connectivity index (χ1v) is 5.74. The largest absolute Gasteiger partial charge is 0.339 e. The molecule has 0 radical (unpaired) electrons. The van der Waals surface area contributed by atoms with Crippen molar-refractivity contribution in [2.75, 3.05) is 13.1 Å². The van der Waals surface area contributed by atoms with E-state index in [1.165, 1.54) is 12.1 Å². The second kappa shape index (κ2) is 5.95. The number of likely N-dealkylation sites (N-methyl/N-ethyl adjacent to an activating group) is 1. The van der Waals surface area contributed by atoms with Gasteiger partial charge in [0.05, 0.1) is 4.92 Å². The van der Waals surface area contributed by atoms with Crippen molar-refractivity contribution in [3.8, 4) is 0 Å². The minimum atomic E-state index is -0.473. The lowest BCUT2D eigenvalue weighted by Gasteiger charge is -2.19. The molecule has 5 heteroatoms. The second-order valence-electron chi connectivity index (χ2n) is 3.76. The van der Waals surface area contributed by atoms with Gasteiger partial charge >= 0.3 is 0 Å². The maximum Gasteiger partial charge on any atom is 0.269 e. The van der Waals surface area contributed by atoms with E-state index in [-0.39, 0.29) is 11.6 Å². The van der Waals surface area contributed by atoms with Crippen molar-refractivity contribution in [2.24, 2.45) is 0 Å². The Morgan fingerprint density at radius 1 is 1.28 bits per heavy atom. The standard InChI is InChI=1S/C13H16N2O3/c1-4-14(5-2)13(16)10(3)11-6-8-12(9-7-11)15(17)18/h6-9H,3-5H2,1-2H3. The molecule has 0 atom stereocenters. The Morgan fingerprint density at radius 2 is 1.78 bits per heavy atom. The topological polar surface area (TPSA) is 63.5 Å². The van der Waals surface area contributed by atoms with Crippen LogP contribution < -0.4 is 0 Å². The Labute approximate surface area is 106 Å². The van der Waals surface area contributed by atoms with Gasteiger partial charge in [0.15, 0.2) is 0 Å². The van der Waals surface area contributed by atoms with Crippen molar-refractivity contribution in [2.45, 2.75) is 13.8 Å². The molecule has 0 fully saturated rings. The summed E-state index contributed by atoms with van der Waals surface area (Å²) in [5, 5.41) is 10.5. The zero-order valence-electron chi connectivity index (χ0n) is 10.5. The molecule has 0 saturated carbocycles. The summed E-state index contributed by atoms with van der Waals surface area (Å²) in [4.78, 5) is 23.7. The van der Waals surface area contributed by atoms with Crippen molar-refractivity contribution in [1.82, 2.24) is 4.90 Å². The molecule has 0 aliphatic heterocycles. The van der Waals surface area contributed by atoms with E-state index < -0.39 is 4.92 Å². The van der Waals surface area contributed by atoms with Crippen molar-refractivity contribution < 1.29 is 9.72 Å². The Kier molecular flexibility index (Phi) is 4.59. The van der Waals surface area contributed by atoms with E-state index in [2.05, 4.69) is 6.58 Å². The number of hydrogen-bond donors (Lipinski definition) is 0. The fourth-order valence-electron chi connectivity index (χ4n) is 1.61. The van der Waals surface area contributed by atoms with Crippen molar-refractivity contribution in [3.63, 3.8) is 0 Å². The number of nitro benzene ring substituents is 1. The summed E-state index contributed by atoms with van der Waals surface area (Å²) in [6, 6.07) is 5.83. The van der Waals surface area contributed by atoms with Crippen LogP contribution in [0.2, 0.25) is 0 Å². The number of carbonyl (C=O) groups excluding carboxylic acids is 1. The number of non-ortho nitro benzene ring substituents is 1. The quantitative estimate of drug-likeness (QED) is 0.457. The van der Waals surface area contributed by atoms with Crippen LogP contribution >= 0.6 is 0 Å². The number of amides is 1. The van der Waals surface area contributed by atoms with Gasteiger partial charge in [0.25, 0.3) is 11.6 Å². The van der Waals surface area contributed by atoms with Crippen LogP contribution in [-0.2, 0) is 4.79 Å².